The Balaban J connectivity index is 1.90. The molecule has 3 rings (SSSR count). The number of nitrogens with one attached hydrogen (secondary N) is 2. The summed E-state index contributed by atoms with van der Waals surface area (Å²) in [5.74, 6) is 0. The normalized spacial score (nSPS) is 21.3. The molecule has 1 aliphatic carbocycles. The molecule has 7 heteroatoms. The molecule has 0 radical (unpaired) electrons. The minimum Gasteiger partial charge on any atom is -0.358 e. The van der Waals surface area contributed by atoms with Crippen molar-refractivity contribution in [3.8, 4) is 0 Å². The number of hydrogen-bond donors (Lipinski definition) is 2. The minimum absolute atomic E-state index is 0.244. The van der Waals surface area contributed by atoms with E-state index in [0.29, 0.717) is 11.2 Å². The summed E-state index contributed by atoms with van der Waals surface area (Å²) in [6.07, 6.45) is 5.86. The highest BCUT2D eigenvalue weighted by molar-refractivity contribution is 7.91. The SMILES string of the molecule is CN(C)[C@@H]1CCCC[C@H]1NC(=S)N[C@H](c1ccccc1)[C@@H](c1ccccc1)S(C)(=O)=O. The zero-order chi connectivity index (χ0) is 22.4. The van der Waals surface area contributed by atoms with E-state index >= 15 is 0 Å². The fraction of sp³-hybridized carbons (Fsp3) is 0.458. The average Bonchev–Trinajstić information content (AvgIpc) is 2.74. The molecule has 0 aromatic heterocycles. The van der Waals surface area contributed by atoms with Crippen LogP contribution in [-0.4, -0.2) is 50.9 Å². The lowest BCUT2D eigenvalue weighted by Crippen LogP contribution is -2.54. The lowest BCUT2D eigenvalue weighted by molar-refractivity contribution is 0.189. The third-order valence-corrected chi connectivity index (χ3v) is 7.75. The van der Waals surface area contributed by atoms with Crippen LogP contribution in [0.1, 0.15) is 48.1 Å². The van der Waals surface area contributed by atoms with Gasteiger partial charge in [0.1, 0.15) is 5.25 Å². The molecule has 5 nitrogen and oxygen atoms in total. The highest BCUT2D eigenvalue weighted by Gasteiger charge is 2.34. The second kappa shape index (κ2) is 10.6. The second-order valence-electron chi connectivity index (χ2n) is 8.59. The number of hydrogen-bond acceptors (Lipinski definition) is 4. The zero-order valence-corrected chi connectivity index (χ0v) is 20.1. The van der Waals surface area contributed by atoms with Crippen LogP contribution < -0.4 is 10.6 Å². The van der Waals surface area contributed by atoms with Gasteiger partial charge >= 0.3 is 0 Å². The van der Waals surface area contributed by atoms with Gasteiger partial charge in [0.2, 0.25) is 0 Å². The third kappa shape index (κ3) is 6.28. The van der Waals surface area contributed by atoms with Crippen molar-refractivity contribution in [3.63, 3.8) is 0 Å². The lowest BCUT2D eigenvalue weighted by Gasteiger charge is -2.38. The van der Waals surface area contributed by atoms with E-state index in [9.17, 15) is 8.42 Å². The Morgan fingerprint density at radius 1 is 0.968 bits per heavy atom. The van der Waals surface area contributed by atoms with Crippen molar-refractivity contribution in [2.75, 3.05) is 20.4 Å². The van der Waals surface area contributed by atoms with E-state index in [-0.39, 0.29) is 6.04 Å². The molecule has 4 atom stereocenters. The molecular weight excluding hydrogens is 426 g/mol. The molecule has 31 heavy (non-hydrogen) atoms. The Morgan fingerprint density at radius 3 is 2.06 bits per heavy atom. The lowest BCUT2D eigenvalue weighted by atomic mass is 9.89. The van der Waals surface area contributed by atoms with Gasteiger partial charge in [0, 0.05) is 18.3 Å². The monoisotopic (exact) mass is 459 g/mol. The summed E-state index contributed by atoms with van der Waals surface area (Å²) in [5.41, 5.74) is 1.64. The molecule has 0 saturated heterocycles. The fourth-order valence-electron chi connectivity index (χ4n) is 4.57. The zero-order valence-electron chi connectivity index (χ0n) is 18.5. The molecule has 2 aromatic rings. The Labute approximate surface area is 192 Å². The average molecular weight is 460 g/mol. The smallest absolute Gasteiger partial charge is 0.167 e. The molecule has 168 valence electrons. The second-order valence-corrected chi connectivity index (χ2v) is 11.2. The first-order valence-corrected chi connectivity index (χ1v) is 13.2. The van der Waals surface area contributed by atoms with Crippen LogP contribution in [0.2, 0.25) is 0 Å². The van der Waals surface area contributed by atoms with Crippen LogP contribution in [0, 0.1) is 0 Å². The molecule has 2 N–H and O–H groups in total. The standard InChI is InChI=1S/C24H33N3O2S2/c1-27(2)21-17-11-10-16-20(21)25-24(30)26-22(18-12-6-4-7-13-18)23(31(3,28)29)19-14-8-5-9-15-19/h4-9,12-15,20-23H,10-11,16-17H2,1-3H3,(H2,25,26,30)/t20-,21-,22-,23-/m1/s1. The van der Waals surface area contributed by atoms with Gasteiger partial charge in [-0.3, -0.25) is 0 Å². The molecule has 1 fully saturated rings. The first kappa shape index (κ1) is 23.7. The number of rotatable bonds is 7. The van der Waals surface area contributed by atoms with Gasteiger partial charge in [0.25, 0.3) is 0 Å². The summed E-state index contributed by atoms with van der Waals surface area (Å²) in [6.45, 7) is 0. The van der Waals surface area contributed by atoms with E-state index in [0.717, 1.165) is 24.0 Å². The predicted molar refractivity (Wildman–Crippen MR) is 132 cm³/mol. The Bertz CT molecular complexity index is 949. The summed E-state index contributed by atoms with van der Waals surface area (Å²) >= 11 is 5.71. The highest BCUT2D eigenvalue weighted by Crippen LogP contribution is 2.35. The van der Waals surface area contributed by atoms with Gasteiger partial charge in [0.15, 0.2) is 14.9 Å². The molecule has 0 amide bonds. The van der Waals surface area contributed by atoms with Crippen LogP contribution in [0.4, 0.5) is 0 Å². The molecule has 0 unspecified atom stereocenters. The highest BCUT2D eigenvalue weighted by atomic mass is 32.2. The maximum absolute atomic E-state index is 12.9. The number of thiocarbonyl (C=S) groups is 1. The van der Waals surface area contributed by atoms with Crippen LogP contribution in [0.3, 0.4) is 0 Å². The van der Waals surface area contributed by atoms with Crippen LogP contribution in [0.15, 0.2) is 60.7 Å². The molecule has 2 aromatic carbocycles. The van der Waals surface area contributed by atoms with E-state index in [4.69, 9.17) is 12.2 Å². The van der Waals surface area contributed by atoms with Crippen molar-refractivity contribution in [2.24, 2.45) is 0 Å². The molecule has 0 aliphatic heterocycles. The van der Waals surface area contributed by atoms with Crippen LogP contribution >= 0.6 is 12.2 Å². The predicted octanol–water partition coefficient (Wildman–Crippen LogP) is 3.85. The summed E-state index contributed by atoms with van der Waals surface area (Å²) in [7, 11) is 0.774. The quantitative estimate of drug-likeness (QED) is 0.614. The van der Waals surface area contributed by atoms with Crippen molar-refractivity contribution in [1.82, 2.24) is 15.5 Å². The van der Waals surface area contributed by atoms with Gasteiger partial charge in [-0.2, -0.15) is 0 Å². The van der Waals surface area contributed by atoms with Crippen molar-refractivity contribution >= 4 is 27.2 Å². The maximum atomic E-state index is 12.9. The van der Waals surface area contributed by atoms with E-state index in [1.807, 2.05) is 60.7 Å². The Kier molecular flexibility index (Phi) is 8.08. The maximum Gasteiger partial charge on any atom is 0.167 e. The van der Waals surface area contributed by atoms with Gasteiger partial charge in [-0.25, -0.2) is 8.42 Å². The van der Waals surface area contributed by atoms with Gasteiger partial charge in [-0.1, -0.05) is 73.5 Å². The number of likely N-dealkylation sites (N-methyl/N-ethyl adjacent to an activating group) is 1. The first-order valence-electron chi connectivity index (χ1n) is 10.8. The topological polar surface area (TPSA) is 61.4 Å². The Hall–Kier alpha value is -1.96. The van der Waals surface area contributed by atoms with Gasteiger partial charge in [-0.05, 0) is 50.3 Å². The molecule has 1 saturated carbocycles. The summed E-state index contributed by atoms with van der Waals surface area (Å²) in [6, 6.07) is 19.2. The van der Waals surface area contributed by atoms with Crippen molar-refractivity contribution in [2.45, 2.75) is 49.1 Å². The van der Waals surface area contributed by atoms with E-state index in [2.05, 4.69) is 29.6 Å². The Morgan fingerprint density at radius 2 is 1.52 bits per heavy atom. The summed E-state index contributed by atoms with van der Waals surface area (Å²) in [4.78, 5) is 2.25. The van der Waals surface area contributed by atoms with E-state index in [1.165, 1.54) is 19.1 Å². The summed E-state index contributed by atoms with van der Waals surface area (Å²) in [5, 5.41) is 6.60. The third-order valence-electron chi connectivity index (χ3n) is 6.05. The van der Waals surface area contributed by atoms with Gasteiger partial charge in [-0.15, -0.1) is 0 Å². The minimum atomic E-state index is -3.43. The fourth-order valence-corrected chi connectivity index (χ4v) is 6.22. The van der Waals surface area contributed by atoms with Gasteiger partial charge in [0.05, 0.1) is 6.04 Å². The molecule has 1 aliphatic rings. The van der Waals surface area contributed by atoms with Crippen LogP contribution in [0.5, 0.6) is 0 Å². The van der Waals surface area contributed by atoms with Crippen molar-refractivity contribution < 1.29 is 8.42 Å². The van der Waals surface area contributed by atoms with Crippen LogP contribution in [-0.2, 0) is 9.84 Å². The first-order chi connectivity index (χ1) is 14.8. The summed E-state index contributed by atoms with van der Waals surface area (Å²) < 4.78 is 25.9. The van der Waals surface area contributed by atoms with Crippen LogP contribution in [0.25, 0.3) is 0 Å². The number of benzene rings is 2. The van der Waals surface area contributed by atoms with Gasteiger partial charge < -0.3 is 15.5 Å². The van der Waals surface area contributed by atoms with E-state index in [1.54, 1.807) is 0 Å². The number of nitrogens with zero attached hydrogens (tertiary/aromatic N) is 1. The van der Waals surface area contributed by atoms with E-state index < -0.39 is 21.1 Å². The molecular formula is C24H33N3O2S2. The van der Waals surface area contributed by atoms with Crippen molar-refractivity contribution in [3.05, 3.63) is 71.8 Å². The van der Waals surface area contributed by atoms with Crippen molar-refractivity contribution in [1.29, 1.82) is 0 Å². The molecule has 0 bridgehead atoms. The molecule has 0 heterocycles. The molecule has 0 spiro atoms. The number of sulfone groups is 1. The largest absolute Gasteiger partial charge is 0.358 e.